The van der Waals surface area contributed by atoms with Crippen LogP contribution in [0.25, 0.3) is 0 Å². The number of amides is 2. The highest BCUT2D eigenvalue weighted by atomic mass is 16.5. The first kappa shape index (κ1) is 15.4. The van der Waals surface area contributed by atoms with E-state index < -0.39 is 6.03 Å². The molecule has 1 aliphatic carbocycles. The molecule has 1 saturated carbocycles. The van der Waals surface area contributed by atoms with Crippen molar-refractivity contribution in [2.75, 3.05) is 6.54 Å². The van der Waals surface area contributed by atoms with Crippen LogP contribution in [-0.2, 0) is 0 Å². The summed E-state index contributed by atoms with van der Waals surface area (Å²) in [5.74, 6) is 2.15. The zero-order valence-electron chi connectivity index (χ0n) is 13.0. The first-order chi connectivity index (χ1) is 11.0. The second-order valence-corrected chi connectivity index (χ2v) is 6.01. The molecule has 23 heavy (non-hydrogen) atoms. The van der Waals surface area contributed by atoms with Gasteiger partial charge >= 0.3 is 6.03 Å². The molecular weight excluding hydrogens is 292 g/mol. The van der Waals surface area contributed by atoms with Gasteiger partial charge in [-0.15, -0.1) is 0 Å². The van der Waals surface area contributed by atoms with Gasteiger partial charge in [-0.05, 0) is 55.0 Å². The lowest BCUT2D eigenvalue weighted by molar-refractivity contribution is -0.0431. The number of benzene rings is 2. The Balaban J connectivity index is 1.64. The smallest absolute Gasteiger partial charge is 0.338 e. The normalized spacial score (nSPS) is 19.2. The van der Waals surface area contributed by atoms with Crippen LogP contribution in [0.1, 0.15) is 23.5 Å². The fraction of sp³-hybridized carbons (Fsp3) is 0.278. The number of hydrogen-bond donors (Lipinski definition) is 2. The minimum absolute atomic E-state index is 0.238. The van der Waals surface area contributed by atoms with E-state index in [0.717, 1.165) is 23.5 Å². The van der Waals surface area contributed by atoms with Gasteiger partial charge in [-0.3, -0.25) is 5.21 Å². The van der Waals surface area contributed by atoms with E-state index in [1.54, 1.807) is 0 Å². The molecule has 0 heterocycles. The number of carbonyl (C=O) groups excluding carboxylic acids is 1. The molecule has 0 aliphatic heterocycles. The van der Waals surface area contributed by atoms with Crippen molar-refractivity contribution in [2.24, 2.45) is 11.7 Å². The maximum Gasteiger partial charge on any atom is 0.338 e. The summed E-state index contributed by atoms with van der Waals surface area (Å²) in [6.07, 6.45) is 0.929. The van der Waals surface area contributed by atoms with E-state index >= 15 is 0 Å². The van der Waals surface area contributed by atoms with Crippen molar-refractivity contribution in [3.63, 3.8) is 0 Å². The number of rotatable bonds is 5. The van der Waals surface area contributed by atoms with Crippen molar-refractivity contribution >= 4 is 6.03 Å². The second-order valence-electron chi connectivity index (χ2n) is 6.01. The van der Waals surface area contributed by atoms with Crippen molar-refractivity contribution in [1.29, 1.82) is 0 Å². The van der Waals surface area contributed by atoms with Crippen LogP contribution in [0, 0.1) is 12.8 Å². The SMILES string of the molecule is Cc1ccc(Oc2cccc([C@@H]3C[C@H]3CN(O)C(N)=O)c2)cc1. The number of carbonyl (C=O) groups is 1. The van der Waals surface area contributed by atoms with E-state index in [2.05, 4.69) is 0 Å². The Morgan fingerprint density at radius 1 is 1.26 bits per heavy atom. The summed E-state index contributed by atoms with van der Waals surface area (Å²) in [5.41, 5.74) is 7.37. The number of primary amides is 1. The molecule has 2 amide bonds. The Morgan fingerprint density at radius 3 is 2.70 bits per heavy atom. The highest BCUT2D eigenvalue weighted by Gasteiger charge is 2.40. The minimum Gasteiger partial charge on any atom is -0.457 e. The molecule has 5 heteroatoms. The monoisotopic (exact) mass is 312 g/mol. The molecule has 0 unspecified atom stereocenters. The number of hydroxylamine groups is 2. The molecule has 120 valence electrons. The Labute approximate surface area is 135 Å². The first-order valence-corrected chi connectivity index (χ1v) is 7.63. The van der Waals surface area contributed by atoms with Crippen molar-refractivity contribution < 1.29 is 14.7 Å². The van der Waals surface area contributed by atoms with Crippen molar-refractivity contribution in [1.82, 2.24) is 5.06 Å². The van der Waals surface area contributed by atoms with E-state index in [0.29, 0.717) is 11.0 Å². The summed E-state index contributed by atoms with van der Waals surface area (Å²) in [6.45, 7) is 2.30. The lowest BCUT2D eigenvalue weighted by atomic mass is 10.1. The van der Waals surface area contributed by atoms with E-state index in [4.69, 9.17) is 10.5 Å². The molecule has 0 aromatic heterocycles. The maximum absolute atomic E-state index is 10.9. The highest BCUT2D eigenvalue weighted by molar-refractivity contribution is 5.70. The largest absolute Gasteiger partial charge is 0.457 e. The molecule has 0 bridgehead atoms. The number of nitrogens with zero attached hydrogens (tertiary/aromatic N) is 1. The molecule has 0 radical (unpaired) electrons. The number of hydrogen-bond acceptors (Lipinski definition) is 3. The lowest BCUT2D eigenvalue weighted by Gasteiger charge is -2.11. The van der Waals surface area contributed by atoms with Crippen LogP contribution >= 0.6 is 0 Å². The molecular formula is C18H20N2O3. The average Bonchev–Trinajstić information content (AvgIpc) is 3.29. The van der Waals surface area contributed by atoms with Gasteiger partial charge in [0.05, 0.1) is 6.54 Å². The Morgan fingerprint density at radius 2 is 2.00 bits per heavy atom. The van der Waals surface area contributed by atoms with Crippen LogP contribution < -0.4 is 10.5 Å². The van der Waals surface area contributed by atoms with Gasteiger partial charge < -0.3 is 10.5 Å². The lowest BCUT2D eigenvalue weighted by Crippen LogP contribution is -2.34. The van der Waals surface area contributed by atoms with Gasteiger partial charge in [0, 0.05) is 0 Å². The van der Waals surface area contributed by atoms with Crippen molar-refractivity contribution in [2.45, 2.75) is 19.3 Å². The van der Waals surface area contributed by atoms with Gasteiger partial charge in [0.1, 0.15) is 11.5 Å². The summed E-state index contributed by atoms with van der Waals surface area (Å²) in [5, 5.41) is 9.99. The van der Waals surface area contributed by atoms with Crippen LogP contribution in [0.15, 0.2) is 48.5 Å². The summed E-state index contributed by atoms with van der Waals surface area (Å²) in [4.78, 5) is 10.9. The molecule has 1 aliphatic rings. The molecule has 2 aromatic rings. The van der Waals surface area contributed by atoms with Crippen LogP contribution in [0.3, 0.4) is 0 Å². The van der Waals surface area contributed by atoms with E-state index in [1.165, 1.54) is 5.56 Å². The summed E-state index contributed by atoms with van der Waals surface area (Å²) >= 11 is 0. The maximum atomic E-state index is 10.9. The second kappa shape index (κ2) is 6.30. The number of urea groups is 1. The molecule has 1 fully saturated rings. The molecule has 3 N–H and O–H groups in total. The fourth-order valence-electron chi connectivity index (χ4n) is 2.72. The fourth-order valence-corrected chi connectivity index (χ4v) is 2.72. The Kier molecular flexibility index (Phi) is 4.21. The van der Waals surface area contributed by atoms with Crippen LogP contribution in [0.2, 0.25) is 0 Å². The van der Waals surface area contributed by atoms with Crippen LogP contribution in [0.4, 0.5) is 4.79 Å². The third kappa shape index (κ3) is 3.81. The summed E-state index contributed by atoms with van der Waals surface area (Å²) < 4.78 is 5.87. The quantitative estimate of drug-likeness (QED) is 0.653. The molecule has 2 aromatic carbocycles. The summed E-state index contributed by atoms with van der Waals surface area (Å²) in [7, 11) is 0. The topological polar surface area (TPSA) is 75.8 Å². The third-order valence-corrected chi connectivity index (χ3v) is 4.13. The number of nitrogens with two attached hydrogens (primary N) is 1. The van der Waals surface area contributed by atoms with Gasteiger partial charge in [0.25, 0.3) is 0 Å². The van der Waals surface area contributed by atoms with Gasteiger partial charge in [-0.1, -0.05) is 29.8 Å². The van der Waals surface area contributed by atoms with E-state index in [9.17, 15) is 10.0 Å². The molecule has 2 atom stereocenters. The van der Waals surface area contributed by atoms with E-state index in [1.807, 2.05) is 55.5 Å². The first-order valence-electron chi connectivity index (χ1n) is 7.63. The number of ether oxygens (including phenoxy) is 1. The van der Waals surface area contributed by atoms with E-state index in [-0.39, 0.29) is 12.5 Å². The van der Waals surface area contributed by atoms with Crippen molar-refractivity contribution in [3.8, 4) is 11.5 Å². The minimum atomic E-state index is -0.813. The zero-order chi connectivity index (χ0) is 16.4. The molecule has 0 saturated heterocycles. The van der Waals surface area contributed by atoms with Gasteiger partial charge in [0.2, 0.25) is 0 Å². The Bertz CT molecular complexity index is 700. The highest BCUT2D eigenvalue weighted by Crippen LogP contribution is 2.48. The third-order valence-electron chi connectivity index (χ3n) is 4.13. The predicted octanol–water partition coefficient (Wildman–Crippen LogP) is 3.66. The predicted molar refractivity (Wildman–Crippen MR) is 86.6 cm³/mol. The average molecular weight is 312 g/mol. The number of aryl methyl sites for hydroxylation is 1. The summed E-state index contributed by atoms with van der Waals surface area (Å²) in [6, 6.07) is 15.0. The molecule has 5 nitrogen and oxygen atoms in total. The van der Waals surface area contributed by atoms with Gasteiger partial charge in [-0.25, -0.2) is 9.86 Å². The van der Waals surface area contributed by atoms with Crippen molar-refractivity contribution in [3.05, 3.63) is 59.7 Å². The molecule has 3 rings (SSSR count). The standard InChI is InChI=1S/C18H20N2O3/c1-12-5-7-15(8-6-12)23-16-4-2-3-13(9-16)17-10-14(17)11-20(22)18(19)21/h2-9,14,17,22H,10-11H2,1H3,(H2,19,21)/t14-,17-/m0/s1. The van der Waals surface area contributed by atoms with Crippen LogP contribution in [-0.4, -0.2) is 22.8 Å². The van der Waals surface area contributed by atoms with Crippen LogP contribution in [0.5, 0.6) is 11.5 Å². The van der Waals surface area contributed by atoms with Gasteiger partial charge in [0.15, 0.2) is 0 Å². The zero-order valence-corrected chi connectivity index (χ0v) is 13.0. The molecule has 0 spiro atoms. The van der Waals surface area contributed by atoms with Gasteiger partial charge in [-0.2, -0.15) is 0 Å². The Hall–Kier alpha value is -2.53.